The highest BCUT2D eigenvalue weighted by molar-refractivity contribution is 7.84. The number of allylic oxidation sites excluding steroid dienone is 1. The first kappa shape index (κ1) is 12.8. The molecule has 100 valence electrons. The Morgan fingerprint density at radius 1 is 1.20 bits per heavy atom. The highest BCUT2D eigenvalue weighted by atomic mass is 32.1. The van der Waals surface area contributed by atoms with E-state index in [1.165, 1.54) is 0 Å². The van der Waals surface area contributed by atoms with Gasteiger partial charge in [0.1, 0.15) is 5.65 Å². The number of fused-ring (bicyclic) bond motifs is 1. The Labute approximate surface area is 122 Å². The lowest BCUT2D eigenvalue weighted by atomic mass is 10.0. The highest BCUT2D eigenvalue weighted by Crippen LogP contribution is 2.28. The standard InChI is InChI=1S/C16H15N3S/c1-10(20)15(17)14-9-19-16-13(14)7-12(8-18-16)11-5-3-2-4-6-11/h2-9,20H,17H2,1H3,(H,18,19)/b15-10-. The minimum Gasteiger partial charge on any atom is -0.398 e. The van der Waals surface area contributed by atoms with Crippen LogP contribution in [-0.2, 0) is 0 Å². The number of thiol groups is 1. The molecule has 0 unspecified atom stereocenters. The van der Waals surface area contributed by atoms with Crippen molar-refractivity contribution in [1.82, 2.24) is 9.97 Å². The molecule has 2 heterocycles. The second-order valence-electron chi connectivity index (χ2n) is 4.69. The lowest BCUT2D eigenvalue weighted by Crippen LogP contribution is -1.96. The number of H-pyrrole nitrogens is 1. The molecule has 0 saturated heterocycles. The Morgan fingerprint density at radius 3 is 2.65 bits per heavy atom. The summed E-state index contributed by atoms with van der Waals surface area (Å²) in [6, 6.07) is 12.3. The molecule has 2 aromatic heterocycles. The van der Waals surface area contributed by atoms with Crippen molar-refractivity contribution >= 4 is 29.4 Å². The summed E-state index contributed by atoms with van der Waals surface area (Å²) < 4.78 is 0. The lowest BCUT2D eigenvalue weighted by molar-refractivity contribution is 1.32. The van der Waals surface area contributed by atoms with Crippen molar-refractivity contribution < 1.29 is 0 Å². The van der Waals surface area contributed by atoms with E-state index in [1.807, 2.05) is 37.5 Å². The Balaban J connectivity index is 2.20. The SMILES string of the molecule is C/C(S)=C(/N)c1c[nH]c2ncc(-c3ccccc3)cc12. The van der Waals surface area contributed by atoms with Gasteiger partial charge in [-0.3, -0.25) is 0 Å². The number of nitrogens with one attached hydrogen (secondary N) is 1. The normalized spacial score (nSPS) is 12.5. The summed E-state index contributed by atoms with van der Waals surface area (Å²) in [4.78, 5) is 8.41. The average Bonchev–Trinajstić information content (AvgIpc) is 2.90. The largest absolute Gasteiger partial charge is 0.398 e. The zero-order chi connectivity index (χ0) is 14.1. The Hall–Kier alpha value is -2.20. The molecule has 0 saturated carbocycles. The predicted molar refractivity (Wildman–Crippen MR) is 87.3 cm³/mol. The van der Waals surface area contributed by atoms with Crippen molar-refractivity contribution in [3.63, 3.8) is 0 Å². The Morgan fingerprint density at radius 2 is 1.95 bits per heavy atom. The van der Waals surface area contributed by atoms with Crippen molar-refractivity contribution in [3.05, 3.63) is 59.3 Å². The summed E-state index contributed by atoms with van der Waals surface area (Å²) in [7, 11) is 0. The van der Waals surface area contributed by atoms with E-state index in [0.29, 0.717) is 5.70 Å². The molecular weight excluding hydrogens is 266 g/mol. The predicted octanol–water partition coefficient (Wildman–Crippen LogP) is 3.81. The smallest absolute Gasteiger partial charge is 0.137 e. The number of hydrogen-bond acceptors (Lipinski definition) is 3. The molecule has 1 aromatic carbocycles. The molecule has 0 radical (unpaired) electrons. The van der Waals surface area contributed by atoms with Crippen LogP contribution in [0.1, 0.15) is 12.5 Å². The van der Waals surface area contributed by atoms with Gasteiger partial charge in [0, 0.05) is 33.8 Å². The average molecular weight is 281 g/mol. The van der Waals surface area contributed by atoms with Crippen molar-refractivity contribution in [2.24, 2.45) is 5.73 Å². The molecule has 3 N–H and O–H groups in total. The monoisotopic (exact) mass is 281 g/mol. The summed E-state index contributed by atoms with van der Waals surface area (Å²) in [5.41, 5.74) is 10.7. The summed E-state index contributed by atoms with van der Waals surface area (Å²) in [5, 5.41) is 1.01. The van der Waals surface area contributed by atoms with Gasteiger partial charge >= 0.3 is 0 Å². The van der Waals surface area contributed by atoms with Gasteiger partial charge in [-0.05, 0) is 18.6 Å². The van der Waals surface area contributed by atoms with Gasteiger partial charge in [0.2, 0.25) is 0 Å². The molecule has 3 aromatic rings. The number of rotatable bonds is 2. The molecule has 0 spiro atoms. The summed E-state index contributed by atoms with van der Waals surface area (Å²) in [5.74, 6) is 0. The third kappa shape index (κ3) is 2.18. The van der Waals surface area contributed by atoms with Crippen LogP contribution in [0.2, 0.25) is 0 Å². The summed E-state index contributed by atoms with van der Waals surface area (Å²) in [6.45, 7) is 1.88. The van der Waals surface area contributed by atoms with Crippen molar-refractivity contribution in [3.8, 4) is 11.1 Å². The number of pyridine rings is 1. The topological polar surface area (TPSA) is 54.7 Å². The number of hydrogen-bond donors (Lipinski definition) is 3. The minimum absolute atomic E-state index is 0.673. The second kappa shape index (κ2) is 5.06. The molecular formula is C16H15N3S. The van der Waals surface area contributed by atoms with Gasteiger partial charge in [0.15, 0.2) is 0 Å². The molecule has 0 aliphatic carbocycles. The van der Waals surface area contributed by atoms with Crippen LogP contribution in [0.5, 0.6) is 0 Å². The van der Waals surface area contributed by atoms with E-state index in [4.69, 9.17) is 5.73 Å². The molecule has 0 amide bonds. The van der Waals surface area contributed by atoms with Crippen molar-refractivity contribution in [1.29, 1.82) is 0 Å². The maximum atomic E-state index is 6.09. The number of benzene rings is 1. The molecule has 0 fully saturated rings. The fourth-order valence-corrected chi connectivity index (χ4v) is 2.33. The third-order valence-electron chi connectivity index (χ3n) is 3.32. The van der Waals surface area contributed by atoms with Gasteiger partial charge in [0.05, 0.1) is 5.70 Å². The van der Waals surface area contributed by atoms with Crippen molar-refractivity contribution in [2.75, 3.05) is 0 Å². The van der Waals surface area contributed by atoms with Crippen LogP contribution in [-0.4, -0.2) is 9.97 Å². The minimum atomic E-state index is 0.673. The van der Waals surface area contributed by atoms with Gasteiger partial charge in [-0.25, -0.2) is 4.98 Å². The van der Waals surface area contributed by atoms with Crippen LogP contribution >= 0.6 is 12.6 Å². The maximum absolute atomic E-state index is 6.09. The van der Waals surface area contributed by atoms with Crippen LogP contribution in [0.3, 0.4) is 0 Å². The highest BCUT2D eigenvalue weighted by Gasteiger charge is 2.10. The van der Waals surface area contributed by atoms with Gasteiger partial charge in [-0.1, -0.05) is 30.3 Å². The maximum Gasteiger partial charge on any atom is 0.137 e. The molecule has 0 bridgehead atoms. The molecule has 0 aliphatic rings. The Kier molecular flexibility index (Phi) is 3.24. The summed E-state index contributed by atoms with van der Waals surface area (Å²) >= 11 is 4.32. The van der Waals surface area contributed by atoms with Crippen LogP contribution in [0, 0.1) is 0 Å². The van der Waals surface area contributed by atoms with Gasteiger partial charge in [0.25, 0.3) is 0 Å². The van der Waals surface area contributed by atoms with Crippen molar-refractivity contribution in [2.45, 2.75) is 6.92 Å². The van der Waals surface area contributed by atoms with Crippen LogP contribution in [0.4, 0.5) is 0 Å². The molecule has 4 heteroatoms. The first-order chi connectivity index (χ1) is 9.66. The van der Waals surface area contributed by atoms with Gasteiger partial charge in [-0.2, -0.15) is 0 Å². The molecule has 3 nitrogen and oxygen atoms in total. The Bertz CT molecular complexity index is 784. The first-order valence-electron chi connectivity index (χ1n) is 6.35. The number of aromatic amines is 1. The molecule has 20 heavy (non-hydrogen) atoms. The molecule has 0 aliphatic heterocycles. The van der Waals surface area contributed by atoms with E-state index in [1.54, 1.807) is 0 Å². The van der Waals surface area contributed by atoms with E-state index in [2.05, 4.69) is 40.8 Å². The zero-order valence-electron chi connectivity index (χ0n) is 11.1. The number of nitrogens with zero attached hydrogens (tertiary/aromatic N) is 1. The fourth-order valence-electron chi connectivity index (χ4n) is 2.21. The van der Waals surface area contributed by atoms with E-state index >= 15 is 0 Å². The summed E-state index contributed by atoms with van der Waals surface area (Å²) in [6.07, 6.45) is 3.74. The van der Waals surface area contributed by atoms with Crippen LogP contribution in [0.15, 0.2) is 53.7 Å². The second-order valence-corrected chi connectivity index (χ2v) is 5.36. The molecule has 0 atom stereocenters. The first-order valence-corrected chi connectivity index (χ1v) is 6.80. The number of nitrogens with two attached hydrogens (primary N) is 1. The quantitative estimate of drug-likeness (QED) is 0.626. The fraction of sp³-hybridized carbons (Fsp3) is 0.0625. The molecule has 3 rings (SSSR count). The van der Waals surface area contributed by atoms with Crippen LogP contribution < -0.4 is 5.73 Å². The third-order valence-corrected chi connectivity index (χ3v) is 3.56. The lowest BCUT2D eigenvalue weighted by Gasteiger charge is -2.04. The number of aromatic nitrogens is 2. The van der Waals surface area contributed by atoms with E-state index in [0.717, 1.165) is 32.6 Å². The van der Waals surface area contributed by atoms with E-state index in [9.17, 15) is 0 Å². The van der Waals surface area contributed by atoms with Gasteiger partial charge in [-0.15, -0.1) is 12.6 Å². The van der Waals surface area contributed by atoms with Crippen LogP contribution in [0.25, 0.3) is 27.9 Å². The zero-order valence-corrected chi connectivity index (χ0v) is 12.0. The van der Waals surface area contributed by atoms with E-state index < -0.39 is 0 Å². The van der Waals surface area contributed by atoms with E-state index in [-0.39, 0.29) is 0 Å². The van der Waals surface area contributed by atoms with Gasteiger partial charge < -0.3 is 10.7 Å².